The van der Waals surface area contributed by atoms with Crippen LogP contribution in [0.1, 0.15) is 38.7 Å². The Balaban J connectivity index is 1.84. The van der Waals surface area contributed by atoms with Crippen LogP contribution in [0.4, 0.5) is 0 Å². The predicted octanol–water partition coefficient (Wildman–Crippen LogP) is 4.78. The SMILES string of the molecule is CC1(C)COP(=O)(N(Cc2ccccc2)C2C=CCCC2)OC1. The molecule has 1 aliphatic heterocycles. The van der Waals surface area contributed by atoms with E-state index in [1.54, 1.807) is 0 Å². The Hall–Kier alpha value is -0.930. The molecule has 23 heavy (non-hydrogen) atoms. The third-order valence-corrected chi connectivity index (χ3v) is 6.33. The first-order valence-corrected chi connectivity index (χ1v) is 9.85. The summed E-state index contributed by atoms with van der Waals surface area (Å²) in [5.74, 6) is 0. The topological polar surface area (TPSA) is 38.8 Å². The molecule has 1 aliphatic carbocycles. The normalized spacial score (nSPS) is 26.3. The lowest BCUT2D eigenvalue weighted by molar-refractivity contribution is 0.0160. The summed E-state index contributed by atoms with van der Waals surface area (Å²) < 4.78 is 26.9. The Bertz CT molecular complexity index is 586. The Morgan fingerprint density at radius 2 is 1.91 bits per heavy atom. The van der Waals surface area contributed by atoms with Crippen LogP contribution < -0.4 is 0 Å². The van der Waals surface area contributed by atoms with E-state index in [0.717, 1.165) is 24.8 Å². The zero-order valence-corrected chi connectivity index (χ0v) is 14.9. The van der Waals surface area contributed by atoms with Crippen molar-refractivity contribution in [3.05, 3.63) is 48.0 Å². The van der Waals surface area contributed by atoms with Gasteiger partial charge in [-0.15, -0.1) is 0 Å². The van der Waals surface area contributed by atoms with Crippen molar-refractivity contribution in [3.63, 3.8) is 0 Å². The van der Waals surface area contributed by atoms with Crippen LogP contribution in [0.5, 0.6) is 0 Å². The molecule has 0 amide bonds. The average molecular weight is 335 g/mol. The Kier molecular flexibility index (Phi) is 5.07. The van der Waals surface area contributed by atoms with Gasteiger partial charge in [-0.2, -0.15) is 4.67 Å². The van der Waals surface area contributed by atoms with Crippen LogP contribution in [0.15, 0.2) is 42.5 Å². The van der Waals surface area contributed by atoms with Gasteiger partial charge in [0, 0.05) is 18.0 Å². The average Bonchev–Trinajstić information content (AvgIpc) is 2.57. The second-order valence-corrected chi connectivity index (χ2v) is 9.16. The summed E-state index contributed by atoms with van der Waals surface area (Å²) in [5, 5.41) is 0. The number of rotatable bonds is 4. The van der Waals surface area contributed by atoms with Gasteiger partial charge in [0.15, 0.2) is 0 Å². The van der Waals surface area contributed by atoms with Crippen LogP contribution in [-0.4, -0.2) is 23.9 Å². The van der Waals surface area contributed by atoms with Gasteiger partial charge in [0.05, 0.1) is 13.2 Å². The van der Waals surface area contributed by atoms with Crippen LogP contribution in [0, 0.1) is 5.41 Å². The molecule has 1 saturated heterocycles. The fraction of sp³-hybridized carbons (Fsp3) is 0.556. The van der Waals surface area contributed by atoms with Crippen molar-refractivity contribution in [2.75, 3.05) is 13.2 Å². The van der Waals surface area contributed by atoms with Crippen molar-refractivity contribution in [2.45, 2.75) is 45.7 Å². The number of benzene rings is 1. The molecule has 1 atom stereocenters. The number of allylic oxidation sites excluding steroid dienone is 1. The lowest BCUT2D eigenvalue weighted by Gasteiger charge is -2.41. The lowest BCUT2D eigenvalue weighted by atomic mass is 9.97. The molecule has 0 bridgehead atoms. The highest BCUT2D eigenvalue weighted by Gasteiger charge is 2.44. The standard InChI is InChI=1S/C18H26NO3P/c1-18(2)14-21-23(20,22-15-18)19(17-11-7-4-8-12-17)13-16-9-5-3-6-10-16/h3,5-7,9-11,17H,4,8,12-15H2,1-2H3. The van der Waals surface area contributed by atoms with E-state index in [-0.39, 0.29) is 11.5 Å². The molecule has 0 aromatic heterocycles. The van der Waals surface area contributed by atoms with Gasteiger partial charge in [-0.3, -0.25) is 9.05 Å². The molecule has 0 saturated carbocycles. The van der Waals surface area contributed by atoms with Crippen LogP contribution in [0.25, 0.3) is 0 Å². The largest absolute Gasteiger partial charge is 0.409 e. The molecule has 0 spiro atoms. The highest BCUT2D eigenvalue weighted by Crippen LogP contribution is 2.58. The summed E-state index contributed by atoms with van der Waals surface area (Å²) in [4.78, 5) is 0. The van der Waals surface area contributed by atoms with Crippen LogP contribution in [0.2, 0.25) is 0 Å². The van der Waals surface area contributed by atoms with Crippen molar-refractivity contribution in [1.29, 1.82) is 0 Å². The molecular weight excluding hydrogens is 309 g/mol. The number of hydrogen-bond donors (Lipinski definition) is 0. The maximum atomic E-state index is 13.4. The smallest absolute Gasteiger partial charge is 0.296 e. The van der Waals surface area contributed by atoms with Gasteiger partial charge in [-0.25, -0.2) is 4.57 Å². The molecule has 4 nitrogen and oxygen atoms in total. The fourth-order valence-electron chi connectivity index (χ4n) is 2.94. The van der Waals surface area contributed by atoms with Crippen molar-refractivity contribution in [2.24, 2.45) is 5.41 Å². The van der Waals surface area contributed by atoms with Gasteiger partial charge in [-0.05, 0) is 24.8 Å². The summed E-state index contributed by atoms with van der Waals surface area (Å²) in [6.45, 7) is 5.64. The molecule has 3 rings (SSSR count). The minimum atomic E-state index is -3.26. The second-order valence-electron chi connectivity index (χ2n) is 7.19. The maximum Gasteiger partial charge on any atom is 0.409 e. The molecular formula is C18H26NO3P. The molecule has 2 aliphatic rings. The van der Waals surface area contributed by atoms with Crippen LogP contribution >= 0.6 is 7.75 Å². The van der Waals surface area contributed by atoms with E-state index in [9.17, 15) is 4.57 Å². The highest BCUT2D eigenvalue weighted by molar-refractivity contribution is 7.51. The highest BCUT2D eigenvalue weighted by atomic mass is 31.2. The first-order chi connectivity index (χ1) is 11.0. The van der Waals surface area contributed by atoms with E-state index in [4.69, 9.17) is 9.05 Å². The summed E-state index contributed by atoms with van der Waals surface area (Å²) in [6.07, 6.45) is 7.51. The van der Waals surface area contributed by atoms with Gasteiger partial charge < -0.3 is 0 Å². The summed E-state index contributed by atoms with van der Waals surface area (Å²) in [7, 11) is -3.26. The maximum absolute atomic E-state index is 13.4. The van der Waals surface area contributed by atoms with Crippen molar-refractivity contribution in [3.8, 4) is 0 Å². The van der Waals surface area contributed by atoms with E-state index in [1.165, 1.54) is 0 Å². The van der Waals surface area contributed by atoms with Gasteiger partial charge >= 0.3 is 7.75 Å². The molecule has 1 heterocycles. The van der Waals surface area contributed by atoms with E-state index in [0.29, 0.717) is 19.8 Å². The van der Waals surface area contributed by atoms with E-state index < -0.39 is 7.75 Å². The summed E-state index contributed by atoms with van der Waals surface area (Å²) in [6, 6.07) is 10.2. The van der Waals surface area contributed by atoms with Crippen LogP contribution in [-0.2, 0) is 20.2 Å². The minimum Gasteiger partial charge on any atom is -0.296 e. The van der Waals surface area contributed by atoms with Gasteiger partial charge in [0.2, 0.25) is 0 Å². The molecule has 0 N–H and O–H groups in total. The van der Waals surface area contributed by atoms with E-state index in [1.807, 2.05) is 22.9 Å². The minimum absolute atomic E-state index is 0.0886. The molecule has 0 radical (unpaired) electrons. The second kappa shape index (κ2) is 6.90. The fourth-order valence-corrected chi connectivity index (χ4v) is 5.23. The monoisotopic (exact) mass is 335 g/mol. The molecule has 1 aromatic carbocycles. The number of hydrogen-bond acceptors (Lipinski definition) is 3. The van der Waals surface area contributed by atoms with Crippen molar-refractivity contribution >= 4 is 7.75 Å². The third kappa shape index (κ3) is 4.13. The van der Waals surface area contributed by atoms with Crippen molar-refractivity contribution in [1.82, 2.24) is 4.67 Å². The van der Waals surface area contributed by atoms with Gasteiger partial charge in [-0.1, -0.05) is 56.3 Å². The van der Waals surface area contributed by atoms with E-state index >= 15 is 0 Å². The zero-order valence-electron chi connectivity index (χ0n) is 14.0. The van der Waals surface area contributed by atoms with Gasteiger partial charge in [0.25, 0.3) is 0 Å². The van der Waals surface area contributed by atoms with Crippen LogP contribution in [0.3, 0.4) is 0 Å². The lowest BCUT2D eigenvalue weighted by Crippen LogP contribution is -2.39. The Morgan fingerprint density at radius 1 is 1.22 bits per heavy atom. The van der Waals surface area contributed by atoms with Gasteiger partial charge in [0.1, 0.15) is 0 Å². The zero-order chi connectivity index (χ0) is 16.3. The Morgan fingerprint density at radius 3 is 2.52 bits per heavy atom. The summed E-state index contributed by atoms with van der Waals surface area (Å²) in [5.41, 5.74) is 1.04. The first kappa shape index (κ1) is 16.9. The Labute approximate surface area is 139 Å². The molecule has 1 aromatic rings. The summed E-state index contributed by atoms with van der Waals surface area (Å²) >= 11 is 0. The number of nitrogens with zero attached hydrogens (tertiary/aromatic N) is 1. The van der Waals surface area contributed by atoms with Crippen molar-refractivity contribution < 1.29 is 13.6 Å². The van der Waals surface area contributed by atoms with E-state index in [2.05, 4.69) is 38.1 Å². The predicted molar refractivity (Wildman–Crippen MR) is 92.1 cm³/mol. The quantitative estimate of drug-likeness (QED) is 0.586. The molecule has 126 valence electrons. The molecule has 5 heteroatoms. The molecule has 1 fully saturated rings. The first-order valence-electron chi connectivity index (χ1n) is 8.35. The third-order valence-electron chi connectivity index (χ3n) is 4.35. The molecule has 1 unspecified atom stereocenters.